The Morgan fingerprint density at radius 1 is 0.346 bits per heavy atom. The van der Waals surface area contributed by atoms with E-state index in [2.05, 4.69) is 179 Å². The number of benzene rings is 8. The third-order valence-corrected chi connectivity index (χ3v) is 11.8. The molecular formula is C50H32N2. The second-order valence-corrected chi connectivity index (χ2v) is 14.4. The molecule has 2 nitrogen and oxygen atoms in total. The van der Waals surface area contributed by atoms with Crippen molar-refractivity contribution in [3.63, 3.8) is 0 Å². The Balaban J connectivity index is 1.18. The quantitative estimate of drug-likeness (QED) is 0.178. The number of hydrogen-bond donors (Lipinski definition) is 0. The molecule has 2 aliphatic carbocycles. The minimum absolute atomic E-state index is 0.947. The van der Waals surface area contributed by atoms with Crippen molar-refractivity contribution < 1.29 is 0 Å². The summed E-state index contributed by atoms with van der Waals surface area (Å²) < 4.78 is 5.04. The van der Waals surface area contributed by atoms with E-state index in [9.17, 15) is 0 Å². The van der Waals surface area contributed by atoms with Gasteiger partial charge in [0.15, 0.2) is 0 Å². The van der Waals surface area contributed by atoms with Crippen molar-refractivity contribution in [2.45, 2.75) is 12.8 Å². The molecule has 52 heavy (non-hydrogen) atoms. The van der Waals surface area contributed by atoms with Crippen molar-refractivity contribution in [1.29, 1.82) is 0 Å². The molecule has 242 valence electrons. The number of nitrogens with zero attached hydrogens (tertiary/aromatic N) is 2. The van der Waals surface area contributed by atoms with Crippen LogP contribution in [-0.2, 0) is 12.8 Å². The van der Waals surface area contributed by atoms with E-state index in [0.717, 1.165) is 12.8 Å². The van der Waals surface area contributed by atoms with Crippen LogP contribution in [-0.4, -0.2) is 9.13 Å². The zero-order valence-electron chi connectivity index (χ0n) is 28.5. The highest BCUT2D eigenvalue weighted by molar-refractivity contribution is 6.29. The van der Waals surface area contributed by atoms with Crippen molar-refractivity contribution in [1.82, 2.24) is 9.13 Å². The molecule has 0 atom stereocenters. The third-order valence-electron chi connectivity index (χ3n) is 11.8. The molecule has 0 unspecified atom stereocenters. The Bertz CT molecular complexity index is 3120. The molecule has 0 N–H and O–H groups in total. The molecule has 10 aromatic rings. The van der Waals surface area contributed by atoms with Gasteiger partial charge in [-0.1, -0.05) is 127 Å². The van der Waals surface area contributed by atoms with Gasteiger partial charge in [-0.2, -0.15) is 0 Å². The monoisotopic (exact) mass is 660 g/mol. The minimum Gasteiger partial charge on any atom is -0.309 e. The highest BCUT2D eigenvalue weighted by Crippen LogP contribution is 2.47. The lowest BCUT2D eigenvalue weighted by atomic mass is 9.94. The molecule has 0 saturated heterocycles. The van der Waals surface area contributed by atoms with Gasteiger partial charge in [-0.25, -0.2) is 0 Å². The maximum absolute atomic E-state index is 2.53. The Morgan fingerprint density at radius 3 is 1.62 bits per heavy atom. The van der Waals surface area contributed by atoms with Crippen LogP contribution in [0.15, 0.2) is 170 Å². The first kappa shape index (κ1) is 28.1. The summed E-state index contributed by atoms with van der Waals surface area (Å²) in [6.45, 7) is 0. The molecule has 8 aromatic carbocycles. The van der Waals surface area contributed by atoms with Gasteiger partial charge in [0.25, 0.3) is 0 Å². The second kappa shape index (κ2) is 10.4. The summed E-state index contributed by atoms with van der Waals surface area (Å²) in [5.41, 5.74) is 21.0. The standard InChI is InChI=1S/C50H32N2/c1-2-13-31(14-3-1)40-29-34(30-42-36-18-7-5-15-32(36)27-41(40)42)51-44-22-10-8-19-38(44)49-47(51)25-26-48-50(49)39-20-9-11-23-45(39)52(48)46-24-12-21-37-35-17-6-4-16-33(35)28-43(37)46/h1-26,29-30H,27-28H2. The van der Waals surface area contributed by atoms with E-state index in [0.29, 0.717) is 0 Å². The van der Waals surface area contributed by atoms with Crippen LogP contribution in [0.3, 0.4) is 0 Å². The lowest BCUT2D eigenvalue weighted by Crippen LogP contribution is -1.99. The van der Waals surface area contributed by atoms with E-state index >= 15 is 0 Å². The summed E-state index contributed by atoms with van der Waals surface area (Å²) in [5, 5.41) is 5.18. The zero-order valence-corrected chi connectivity index (χ0v) is 28.5. The zero-order chi connectivity index (χ0) is 33.9. The smallest absolute Gasteiger partial charge is 0.0549 e. The fourth-order valence-electron chi connectivity index (χ4n) is 9.63. The second-order valence-electron chi connectivity index (χ2n) is 14.4. The van der Waals surface area contributed by atoms with Crippen molar-refractivity contribution in [2.24, 2.45) is 0 Å². The van der Waals surface area contributed by atoms with E-state index in [4.69, 9.17) is 0 Å². The molecular weight excluding hydrogens is 629 g/mol. The largest absolute Gasteiger partial charge is 0.309 e. The molecule has 0 aliphatic heterocycles. The highest BCUT2D eigenvalue weighted by atomic mass is 15.0. The van der Waals surface area contributed by atoms with Crippen LogP contribution in [0.2, 0.25) is 0 Å². The van der Waals surface area contributed by atoms with Crippen LogP contribution in [0.1, 0.15) is 22.3 Å². The van der Waals surface area contributed by atoms with Crippen molar-refractivity contribution in [3.05, 3.63) is 192 Å². The lowest BCUT2D eigenvalue weighted by Gasteiger charge is -2.16. The molecule has 2 heteroatoms. The van der Waals surface area contributed by atoms with Crippen molar-refractivity contribution in [2.75, 3.05) is 0 Å². The van der Waals surface area contributed by atoms with Crippen LogP contribution in [0.4, 0.5) is 0 Å². The predicted octanol–water partition coefficient (Wildman–Crippen LogP) is 12.7. The summed E-state index contributed by atoms with van der Waals surface area (Å²) in [4.78, 5) is 0. The lowest BCUT2D eigenvalue weighted by molar-refractivity contribution is 1.12. The minimum atomic E-state index is 0.947. The molecule has 0 fully saturated rings. The Kier molecular flexibility index (Phi) is 5.64. The predicted molar refractivity (Wildman–Crippen MR) is 217 cm³/mol. The van der Waals surface area contributed by atoms with Gasteiger partial charge in [0.2, 0.25) is 0 Å². The average Bonchev–Trinajstić information content (AvgIpc) is 3.95. The molecule has 0 spiro atoms. The summed E-state index contributed by atoms with van der Waals surface area (Å²) in [6.07, 6.45) is 1.90. The number of para-hydroxylation sites is 2. The molecule has 0 bridgehead atoms. The number of fused-ring (bicyclic) bond motifs is 13. The van der Waals surface area contributed by atoms with E-state index in [-0.39, 0.29) is 0 Å². The van der Waals surface area contributed by atoms with E-state index in [1.807, 2.05) is 0 Å². The SMILES string of the molecule is c1ccc(-c2cc(-n3c4ccccc4c4c5c6ccccc6n(-c6cccc7c6Cc6ccccc6-7)c5ccc43)cc3c2Cc2ccccc2-3)cc1. The molecule has 0 radical (unpaired) electrons. The summed E-state index contributed by atoms with van der Waals surface area (Å²) >= 11 is 0. The first-order valence-corrected chi connectivity index (χ1v) is 18.3. The number of hydrogen-bond acceptors (Lipinski definition) is 0. The summed E-state index contributed by atoms with van der Waals surface area (Å²) in [5.74, 6) is 0. The topological polar surface area (TPSA) is 9.86 Å². The van der Waals surface area contributed by atoms with E-state index < -0.39 is 0 Å². The van der Waals surface area contributed by atoms with Gasteiger partial charge in [-0.05, 0) is 105 Å². The Labute approximate surface area is 301 Å². The molecule has 2 heterocycles. The molecule has 0 saturated carbocycles. The van der Waals surface area contributed by atoms with Crippen LogP contribution < -0.4 is 0 Å². The van der Waals surface area contributed by atoms with Crippen LogP contribution in [0, 0.1) is 0 Å². The molecule has 2 aromatic heterocycles. The van der Waals surface area contributed by atoms with Gasteiger partial charge in [0, 0.05) is 33.7 Å². The summed E-state index contributed by atoms with van der Waals surface area (Å²) in [6, 6.07) is 63.2. The van der Waals surface area contributed by atoms with Gasteiger partial charge in [-0.3, -0.25) is 0 Å². The fourth-order valence-corrected chi connectivity index (χ4v) is 9.63. The van der Waals surface area contributed by atoms with E-state index in [1.165, 1.54) is 111 Å². The Hall–Kier alpha value is -6.64. The van der Waals surface area contributed by atoms with Crippen molar-refractivity contribution in [3.8, 4) is 44.8 Å². The first-order chi connectivity index (χ1) is 25.8. The highest BCUT2D eigenvalue weighted by Gasteiger charge is 2.27. The van der Waals surface area contributed by atoms with Crippen LogP contribution in [0.5, 0.6) is 0 Å². The average molecular weight is 661 g/mol. The number of rotatable bonds is 3. The molecule has 12 rings (SSSR count). The van der Waals surface area contributed by atoms with Gasteiger partial charge in [0.05, 0.1) is 27.8 Å². The van der Waals surface area contributed by atoms with Crippen LogP contribution in [0.25, 0.3) is 88.4 Å². The van der Waals surface area contributed by atoms with Gasteiger partial charge in [0.1, 0.15) is 0 Å². The van der Waals surface area contributed by atoms with Gasteiger partial charge < -0.3 is 9.13 Å². The number of aromatic nitrogens is 2. The maximum Gasteiger partial charge on any atom is 0.0549 e. The first-order valence-electron chi connectivity index (χ1n) is 18.3. The Morgan fingerprint density at radius 2 is 0.885 bits per heavy atom. The van der Waals surface area contributed by atoms with Gasteiger partial charge in [-0.15, -0.1) is 0 Å². The molecule has 0 amide bonds. The normalized spacial score (nSPS) is 12.8. The maximum atomic E-state index is 2.53. The molecule has 2 aliphatic rings. The van der Waals surface area contributed by atoms with Crippen LogP contribution >= 0.6 is 0 Å². The summed E-state index contributed by atoms with van der Waals surface area (Å²) in [7, 11) is 0. The third kappa shape index (κ3) is 3.73. The van der Waals surface area contributed by atoms with E-state index in [1.54, 1.807) is 0 Å². The fraction of sp³-hybridized carbons (Fsp3) is 0.0400. The van der Waals surface area contributed by atoms with Gasteiger partial charge >= 0.3 is 0 Å². The van der Waals surface area contributed by atoms with Crippen molar-refractivity contribution >= 4 is 43.6 Å².